The lowest BCUT2D eigenvalue weighted by Gasteiger charge is -2.28. The lowest BCUT2D eigenvalue weighted by Crippen LogP contribution is -2.39. The van der Waals surface area contributed by atoms with E-state index in [4.69, 9.17) is 5.26 Å². The number of hydrogen-bond donors (Lipinski definition) is 0. The molecule has 0 atom stereocenters. The van der Waals surface area contributed by atoms with Crippen molar-refractivity contribution in [3.8, 4) is 6.07 Å². The van der Waals surface area contributed by atoms with Crippen LogP contribution in [0.1, 0.15) is 55.3 Å². The number of rotatable bonds is 5. The summed E-state index contributed by atoms with van der Waals surface area (Å²) in [6, 6.07) is 9.89. The highest BCUT2D eigenvalue weighted by molar-refractivity contribution is 5.79. The summed E-state index contributed by atoms with van der Waals surface area (Å²) in [5.74, 6) is 0.654. The molecule has 6 heteroatoms. The quantitative estimate of drug-likeness (QED) is 0.765. The summed E-state index contributed by atoms with van der Waals surface area (Å²) in [4.78, 5) is 21.8. The molecule has 1 saturated heterocycles. The van der Waals surface area contributed by atoms with Crippen LogP contribution in [-0.4, -0.2) is 51.4 Å². The van der Waals surface area contributed by atoms with Gasteiger partial charge in [0.2, 0.25) is 5.91 Å². The van der Waals surface area contributed by atoms with Crippen LogP contribution in [0.2, 0.25) is 0 Å². The zero-order valence-corrected chi connectivity index (χ0v) is 17.7. The largest absolute Gasteiger partial charge is 0.341 e. The molecule has 2 aliphatic rings. The van der Waals surface area contributed by atoms with Crippen LogP contribution in [0.25, 0.3) is 0 Å². The Balaban J connectivity index is 1.33. The molecule has 6 nitrogen and oxygen atoms in total. The van der Waals surface area contributed by atoms with Crippen LogP contribution in [-0.2, 0) is 17.9 Å². The van der Waals surface area contributed by atoms with E-state index in [9.17, 15) is 4.79 Å². The third kappa shape index (κ3) is 5.09. The SMILES string of the molecule is N#Cc1ccc(Cn2cncc2CN2CCCN(C(=O)C3CCCCC3)CC2)cc1. The molecule has 0 unspecified atom stereocenters. The van der Waals surface area contributed by atoms with Gasteiger partial charge in [0, 0.05) is 51.4 Å². The fourth-order valence-corrected chi connectivity index (χ4v) is 4.69. The minimum Gasteiger partial charge on any atom is -0.341 e. The van der Waals surface area contributed by atoms with Crippen LogP contribution >= 0.6 is 0 Å². The number of nitrogens with zero attached hydrogens (tertiary/aromatic N) is 5. The van der Waals surface area contributed by atoms with Crippen molar-refractivity contribution in [1.82, 2.24) is 19.4 Å². The van der Waals surface area contributed by atoms with Gasteiger partial charge in [0.1, 0.15) is 0 Å². The average Bonchev–Trinajstić information content (AvgIpc) is 3.08. The molecule has 1 aliphatic heterocycles. The maximum absolute atomic E-state index is 12.9. The second-order valence-electron chi connectivity index (χ2n) is 8.61. The third-order valence-electron chi connectivity index (χ3n) is 6.47. The van der Waals surface area contributed by atoms with Gasteiger partial charge in [-0.3, -0.25) is 9.69 Å². The van der Waals surface area contributed by atoms with E-state index >= 15 is 0 Å². The zero-order valence-electron chi connectivity index (χ0n) is 17.7. The van der Waals surface area contributed by atoms with Crippen LogP contribution in [0.3, 0.4) is 0 Å². The van der Waals surface area contributed by atoms with E-state index in [0.29, 0.717) is 11.5 Å². The van der Waals surface area contributed by atoms with Crippen LogP contribution in [0.5, 0.6) is 0 Å². The molecule has 2 fully saturated rings. The number of carbonyl (C=O) groups excluding carboxylic acids is 1. The second-order valence-corrected chi connectivity index (χ2v) is 8.61. The first-order valence-corrected chi connectivity index (χ1v) is 11.2. The highest BCUT2D eigenvalue weighted by Crippen LogP contribution is 2.26. The van der Waals surface area contributed by atoms with Gasteiger partial charge in [-0.1, -0.05) is 31.4 Å². The van der Waals surface area contributed by atoms with Crippen molar-refractivity contribution in [2.75, 3.05) is 26.2 Å². The summed E-state index contributed by atoms with van der Waals surface area (Å²) in [7, 11) is 0. The molecular formula is C24H31N5O. The van der Waals surface area contributed by atoms with Crippen molar-refractivity contribution in [2.45, 2.75) is 51.6 Å². The van der Waals surface area contributed by atoms with Gasteiger partial charge in [-0.05, 0) is 37.0 Å². The van der Waals surface area contributed by atoms with E-state index < -0.39 is 0 Å². The number of imidazole rings is 1. The topological polar surface area (TPSA) is 65.2 Å². The lowest BCUT2D eigenvalue weighted by atomic mass is 9.88. The molecule has 30 heavy (non-hydrogen) atoms. The van der Waals surface area contributed by atoms with E-state index in [2.05, 4.69) is 25.4 Å². The van der Waals surface area contributed by atoms with E-state index in [-0.39, 0.29) is 5.92 Å². The van der Waals surface area contributed by atoms with Gasteiger partial charge in [-0.15, -0.1) is 0 Å². The molecule has 1 amide bonds. The lowest BCUT2D eigenvalue weighted by molar-refractivity contribution is -0.136. The van der Waals surface area contributed by atoms with Crippen LogP contribution < -0.4 is 0 Å². The first-order chi connectivity index (χ1) is 14.7. The molecular weight excluding hydrogens is 374 g/mol. The van der Waals surface area contributed by atoms with E-state index in [0.717, 1.165) is 64.1 Å². The monoisotopic (exact) mass is 405 g/mol. The maximum Gasteiger partial charge on any atom is 0.225 e. The van der Waals surface area contributed by atoms with Gasteiger partial charge in [0.25, 0.3) is 0 Å². The summed E-state index contributed by atoms with van der Waals surface area (Å²) in [5, 5.41) is 8.97. The summed E-state index contributed by atoms with van der Waals surface area (Å²) in [5.41, 5.74) is 3.03. The molecule has 1 saturated carbocycles. The molecule has 2 heterocycles. The summed E-state index contributed by atoms with van der Waals surface area (Å²) in [6.45, 7) is 5.25. The molecule has 1 aliphatic carbocycles. The predicted octanol–water partition coefficient (Wildman–Crippen LogP) is 3.42. The maximum atomic E-state index is 12.9. The van der Waals surface area contributed by atoms with Crippen molar-refractivity contribution < 1.29 is 4.79 Å². The minimum atomic E-state index is 0.263. The van der Waals surface area contributed by atoms with Crippen molar-refractivity contribution in [3.63, 3.8) is 0 Å². The highest BCUT2D eigenvalue weighted by Gasteiger charge is 2.27. The number of hydrogen-bond acceptors (Lipinski definition) is 4. The molecule has 0 spiro atoms. The number of carbonyl (C=O) groups is 1. The Morgan fingerprint density at radius 1 is 1.00 bits per heavy atom. The molecule has 0 radical (unpaired) electrons. The van der Waals surface area contributed by atoms with Gasteiger partial charge in [-0.2, -0.15) is 5.26 Å². The second kappa shape index (κ2) is 9.90. The molecule has 0 N–H and O–H groups in total. The fraction of sp³-hybridized carbons (Fsp3) is 0.542. The van der Waals surface area contributed by atoms with Gasteiger partial charge in [-0.25, -0.2) is 4.98 Å². The number of amides is 1. The normalized spacial score (nSPS) is 18.7. The van der Waals surface area contributed by atoms with Gasteiger partial charge >= 0.3 is 0 Å². The standard InChI is InChI=1S/C24H31N5O/c25-15-20-7-9-21(10-8-20)17-29-19-26-16-23(29)18-27-11-4-12-28(14-13-27)24(30)22-5-2-1-3-6-22/h7-10,16,19,22H,1-6,11-14,17-18H2. The Hall–Kier alpha value is -2.65. The van der Waals surface area contributed by atoms with Crippen LogP contribution in [0, 0.1) is 17.2 Å². The first-order valence-electron chi connectivity index (χ1n) is 11.2. The van der Waals surface area contributed by atoms with Crippen molar-refractivity contribution >= 4 is 5.91 Å². The predicted molar refractivity (Wildman–Crippen MR) is 116 cm³/mol. The first kappa shape index (κ1) is 20.6. The fourth-order valence-electron chi connectivity index (χ4n) is 4.69. The average molecular weight is 406 g/mol. The van der Waals surface area contributed by atoms with E-state index in [1.807, 2.05) is 36.8 Å². The van der Waals surface area contributed by atoms with E-state index in [1.165, 1.54) is 25.0 Å². The molecule has 1 aromatic carbocycles. The van der Waals surface area contributed by atoms with Crippen molar-refractivity contribution in [1.29, 1.82) is 5.26 Å². The van der Waals surface area contributed by atoms with Crippen molar-refractivity contribution in [3.05, 3.63) is 53.6 Å². The van der Waals surface area contributed by atoms with Gasteiger partial charge < -0.3 is 9.47 Å². The number of aromatic nitrogens is 2. The summed E-state index contributed by atoms with van der Waals surface area (Å²) < 4.78 is 2.18. The van der Waals surface area contributed by atoms with Crippen LogP contribution in [0.4, 0.5) is 0 Å². The van der Waals surface area contributed by atoms with Crippen molar-refractivity contribution in [2.24, 2.45) is 5.92 Å². The number of benzene rings is 1. The van der Waals surface area contributed by atoms with Crippen LogP contribution in [0.15, 0.2) is 36.8 Å². The summed E-state index contributed by atoms with van der Waals surface area (Å²) >= 11 is 0. The van der Waals surface area contributed by atoms with Gasteiger partial charge in [0.05, 0.1) is 23.7 Å². The van der Waals surface area contributed by atoms with Gasteiger partial charge in [0.15, 0.2) is 0 Å². The summed E-state index contributed by atoms with van der Waals surface area (Å²) in [6.07, 6.45) is 10.7. The third-order valence-corrected chi connectivity index (χ3v) is 6.47. The number of nitriles is 1. The Morgan fingerprint density at radius 3 is 2.57 bits per heavy atom. The Morgan fingerprint density at radius 2 is 1.80 bits per heavy atom. The smallest absolute Gasteiger partial charge is 0.225 e. The highest BCUT2D eigenvalue weighted by atomic mass is 16.2. The Bertz CT molecular complexity index is 876. The Labute approximate surface area is 179 Å². The molecule has 2 aromatic rings. The van der Waals surface area contributed by atoms with E-state index in [1.54, 1.807) is 0 Å². The minimum absolute atomic E-state index is 0.263. The molecule has 4 rings (SSSR count). The molecule has 1 aromatic heterocycles. The Kier molecular flexibility index (Phi) is 6.81. The zero-order chi connectivity index (χ0) is 20.8. The molecule has 158 valence electrons. The molecule has 0 bridgehead atoms.